The van der Waals surface area contributed by atoms with E-state index in [1.54, 1.807) is 0 Å². The van der Waals surface area contributed by atoms with Crippen molar-refractivity contribution in [2.75, 3.05) is 39.3 Å². The Hall–Kier alpha value is -0.240. The van der Waals surface area contributed by atoms with Gasteiger partial charge >= 0.3 is 0 Å². The summed E-state index contributed by atoms with van der Waals surface area (Å²) in [6.07, 6.45) is 0.116. The van der Waals surface area contributed by atoms with Crippen molar-refractivity contribution in [2.24, 2.45) is 0 Å². The molecule has 0 aromatic carbocycles. The molecule has 0 aromatic heterocycles. The molecule has 0 aromatic rings. The molecule has 6 heteroatoms. The fraction of sp³-hybridized carbons (Fsp3) is 1.00. The van der Waals surface area contributed by atoms with Crippen LogP contribution in [0, 0.1) is 0 Å². The second-order valence-corrected chi connectivity index (χ2v) is 3.83. The second-order valence-electron chi connectivity index (χ2n) is 3.83. The van der Waals surface area contributed by atoms with Gasteiger partial charge in [-0.3, -0.25) is 21.3 Å². The second kappa shape index (κ2) is 13.2. The molecule has 4 N–H and O–H groups in total. The Morgan fingerprint density at radius 3 is 1.33 bits per heavy atom. The first-order valence-electron chi connectivity index (χ1n) is 7.05. The molecule has 0 amide bonds. The molecule has 0 saturated heterocycles. The smallest absolute Gasteiger partial charge is 0.127 e. The van der Waals surface area contributed by atoms with E-state index >= 15 is 0 Å². The van der Waals surface area contributed by atoms with Gasteiger partial charge in [-0.15, -0.1) is 0 Å². The summed E-state index contributed by atoms with van der Waals surface area (Å²) in [4.78, 5) is 0. The Bertz CT molecular complexity index is 137. The van der Waals surface area contributed by atoms with E-state index in [2.05, 4.69) is 45.7 Å². The van der Waals surface area contributed by atoms with Crippen molar-refractivity contribution in [3.05, 3.63) is 0 Å². The number of rotatable bonds is 13. The van der Waals surface area contributed by atoms with Gasteiger partial charge in [0, 0.05) is 26.2 Å². The largest absolute Gasteiger partial charge is 0.289 e. The van der Waals surface area contributed by atoms with Crippen LogP contribution >= 0.6 is 0 Å². The van der Waals surface area contributed by atoms with Crippen LogP contribution in [0.5, 0.6) is 0 Å². The summed E-state index contributed by atoms with van der Waals surface area (Å²) in [7, 11) is 0. The summed E-state index contributed by atoms with van der Waals surface area (Å²) in [6.45, 7) is 13.5. The molecule has 0 fully saturated rings. The van der Waals surface area contributed by atoms with E-state index < -0.39 is 0 Å². The van der Waals surface area contributed by atoms with Gasteiger partial charge in [0.15, 0.2) is 0 Å². The lowest BCUT2D eigenvalue weighted by Crippen LogP contribution is -2.54. The third-order valence-corrected chi connectivity index (χ3v) is 2.33. The quantitative estimate of drug-likeness (QED) is 0.258. The minimum atomic E-state index is 0.0579. The topological polar surface area (TPSA) is 76.3 Å². The molecule has 18 heavy (non-hydrogen) atoms. The fourth-order valence-electron chi connectivity index (χ4n) is 1.57. The molecule has 6 nitrogen and oxygen atoms in total. The normalized spacial score (nSPS) is 11.7. The third-order valence-electron chi connectivity index (χ3n) is 2.33. The molecule has 0 aliphatic carbocycles. The van der Waals surface area contributed by atoms with Gasteiger partial charge in [0.25, 0.3) is 0 Å². The lowest BCUT2D eigenvalue weighted by Gasteiger charge is -2.21. The Labute approximate surface area is 112 Å². The Kier molecular flexibility index (Phi) is 13.0. The molecule has 0 aliphatic heterocycles. The minimum absolute atomic E-state index is 0.0579. The van der Waals surface area contributed by atoms with Gasteiger partial charge in [-0.1, -0.05) is 27.7 Å². The lowest BCUT2D eigenvalue weighted by atomic mass is 10.5. The SMILES string of the molecule is CC[N]C(NCC)NCCNC([N]CC)NCC. The van der Waals surface area contributed by atoms with E-state index in [-0.39, 0.29) is 12.6 Å². The molecule has 0 spiro atoms. The average molecular weight is 258 g/mol. The highest BCUT2D eigenvalue weighted by Crippen LogP contribution is 1.77. The van der Waals surface area contributed by atoms with Gasteiger partial charge in [-0.25, -0.2) is 10.6 Å². The van der Waals surface area contributed by atoms with E-state index in [4.69, 9.17) is 0 Å². The standard InChI is InChI=1S/C12H30N6/c1-5-13-11(14-6-2)17-9-10-18-12(15-7-3)16-8-4/h11-13,15,17-18H,5-10H2,1-4H3. The summed E-state index contributed by atoms with van der Waals surface area (Å²) in [5, 5.41) is 22.1. The summed E-state index contributed by atoms with van der Waals surface area (Å²) in [5.41, 5.74) is 0. The van der Waals surface area contributed by atoms with Crippen LogP contribution in [0.1, 0.15) is 27.7 Å². The van der Waals surface area contributed by atoms with E-state index in [0.29, 0.717) is 0 Å². The summed E-state index contributed by atoms with van der Waals surface area (Å²) in [5.74, 6) is 0. The monoisotopic (exact) mass is 258 g/mol. The first kappa shape index (κ1) is 17.8. The Balaban J connectivity index is 3.66. The number of nitrogens with zero attached hydrogens (tertiary/aromatic N) is 2. The van der Waals surface area contributed by atoms with Gasteiger partial charge in [0.05, 0.1) is 0 Å². The number of nitrogens with one attached hydrogen (secondary N) is 4. The van der Waals surface area contributed by atoms with E-state index in [0.717, 1.165) is 39.3 Å². The first-order chi connectivity index (χ1) is 8.78. The van der Waals surface area contributed by atoms with Crippen LogP contribution in [-0.4, -0.2) is 51.8 Å². The maximum atomic E-state index is 4.41. The third kappa shape index (κ3) is 9.76. The molecule has 0 saturated carbocycles. The van der Waals surface area contributed by atoms with Crippen molar-refractivity contribution < 1.29 is 0 Å². The Morgan fingerprint density at radius 1 is 0.667 bits per heavy atom. The molecule has 0 aliphatic rings. The summed E-state index contributed by atoms with van der Waals surface area (Å²) >= 11 is 0. The number of hydrogen-bond acceptors (Lipinski definition) is 4. The van der Waals surface area contributed by atoms with Crippen molar-refractivity contribution in [1.82, 2.24) is 31.9 Å². The molecule has 0 heterocycles. The van der Waals surface area contributed by atoms with Crippen LogP contribution < -0.4 is 31.9 Å². The zero-order valence-corrected chi connectivity index (χ0v) is 12.3. The number of hydrogen-bond donors (Lipinski definition) is 4. The van der Waals surface area contributed by atoms with Crippen LogP contribution in [0.25, 0.3) is 0 Å². The first-order valence-corrected chi connectivity index (χ1v) is 7.05. The Morgan fingerprint density at radius 2 is 1.06 bits per heavy atom. The molecular formula is C12H30N6. The van der Waals surface area contributed by atoms with Gasteiger partial charge in [0.2, 0.25) is 0 Å². The highest BCUT2D eigenvalue weighted by molar-refractivity contribution is 4.64. The van der Waals surface area contributed by atoms with Crippen LogP contribution in [0.3, 0.4) is 0 Å². The molecule has 2 atom stereocenters. The van der Waals surface area contributed by atoms with Crippen molar-refractivity contribution in [3.8, 4) is 0 Å². The van der Waals surface area contributed by atoms with E-state index in [1.165, 1.54) is 0 Å². The molecule has 2 radical (unpaired) electrons. The van der Waals surface area contributed by atoms with E-state index in [9.17, 15) is 0 Å². The van der Waals surface area contributed by atoms with Gasteiger partial charge in [-0.2, -0.15) is 0 Å². The summed E-state index contributed by atoms with van der Waals surface area (Å²) < 4.78 is 0. The molecule has 108 valence electrons. The zero-order valence-electron chi connectivity index (χ0n) is 12.3. The van der Waals surface area contributed by atoms with Crippen LogP contribution in [0.4, 0.5) is 0 Å². The van der Waals surface area contributed by atoms with Gasteiger partial charge in [-0.05, 0) is 13.1 Å². The highest BCUT2D eigenvalue weighted by Gasteiger charge is 2.06. The average Bonchev–Trinajstić information content (AvgIpc) is 2.35. The molecule has 0 rings (SSSR count). The van der Waals surface area contributed by atoms with Crippen LogP contribution in [0.15, 0.2) is 0 Å². The lowest BCUT2D eigenvalue weighted by molar-refractivity contribution is 0.332. The van der Waals surface area contributed by atoms with E-state index in [1.807, 2.05) is 13.8 Å². The van der Waals surface area contributed by atoms with Crippen LogP contribution in [-0.2, 0) is 0 Å². The van der Waals surface area contributed by atoms with Crippen molar-refractivity contribution in [2.45, 2.75) is 40.3 Å². The maximum absolute atomic E-state index is 4.41. The highest BCUT2D eigenvalue weighted by atomic mass is 15.3. The summed E-state index contributed by atoms with van der Waals surface area (Å²) in [6, 6.07) is 0. The van der Waals surface area contributed by atoms with Crippen molar-refractivity contribution in [1.29, 1.82) is 0 Å². The maximum Gasteiger partial charge on any atom is 0.127 e. The van der Waals surface area contributed by atoms with Crippen LogP contribution in [0.2, 0.25) is 0 Å². The van der Waals surface area contributed by atoms with Gasteiger partial charge < -0.3 is 0 Å². The predicted octanol–water partition coefficient (Wildman–Crippen LogP) is -0.800. The van der Waals surface area contributed by atoms with Crippen molar-refractivity contribution >= 4 is 0 Å². The molecular weight excluding hydrogens is 228 g/mol. The van der Waals surface area contributed by atoms with Crippen molar-refractivity contribution in [3.63, 3.8) is 0 Å². The van der Waals surface area contributed by atoms with Gasteiger partial charge in [0.1, 0.15) is 12.6 Å². The predicted molar refractivity (Wildman–Crippen MR) is 76.3 cm³/mol. The fourth-order valence-corrected chi connectivity index (χ4v) is 1.57. The minimum Gasteiger partial charge on any atom is -0.289 e. The molecule has 2 unspecified atom stereocenters. The zero-order chi connectivity index (χ0) is 13.6. The molecule has 0 bridgehead atoms.